The lowest BCUT2D eigenvalue weighted by Crippen LogP contribution is -2.14. The molecule has 3 nitrogen and oxygen atoms in total. The summed E-state index contributed by atoms with van der Waals surface area (Å²) in [4.78, 5) is 4.37. The number of rotatable bonds is 3. The van der Waals surface area contributed by atoms with Crippen LogP contribution in [0.5, 0.6) is 0 Å². The zero-order chi connectivity index (χ0) is 11.4. The number of thioether (sulfide) groups is 1. The summed E-state index contributed by atoms with van der Waals surface area (Å²) in [5.41, 5.74) is 1.56. The van der Waals surface area contributed by atoms with Gasteiger partial charge in [-0.1, -0.05) is 0 Å². The Bertz CT molecular complexity index is 405. The van der Waals surface area contributed by atoms with Gasteiger partial charge >= 0.3 is 0 Å². The van der Waals surface area contributed by atoms with Crippen molar-refractivity contribution in [3.63, 3.8) is 0 Å². The number of hydrogen-bond acceptors (Lipinski definition) is 4. The van der Waals surface area contributed by atoms with Crippen LogP contribution in [-0.4, -0.2) is 22.5 Å². The van der Waals surface area contributed by atoms with Gasteiger partial charge in [0.05, 0.1) is 11.6 Å². The maximum Gasteiger partial charge on any atom is 0.127 e. The Hall–Kier alpha value is -1.21. The fourth-order valence-electron chi connectivity index (χ4n) is 1.85. The third kappa shape index (κ3) is 2.89. The van der Waals surface area contributed by atoms with E-state index >= 15 is 0 Å². The first-order chi connectivity index (χ1) is 7.78. The van der Waals surface area contributed by atoms with E-state index in [-0.39, 0.29) is 0 Å². The van der Waals surface area contributed by atoms with Gasteiger partial charge in [-0.15, -0.1) is 0 Å². The van der Waals surface area contributed by atoms with E-state index in [1.54, 1.807) is 6.07 Å². The van der Waals surface area contributed by atoms with Gasteiger partial charge in [0.25, 0.3) is 0 Å². The van der Waals surface area contributed by atoms with Crippen molar-refractivity contribution in [2.24, 2.45) is 0 Å². The van der Waals surface area contributed by atoms with Gasteiger partial charge < -0.3 is 5.32 Å². The standard InChI is InChI=1S/C12H15N3S/c1-9-5-10(7-13)6-12(15-9)14-8-11-3-2-4-16-11/h5-6,11H,2-4,8H2,1H3,(H,14,15). The summed E-state index contributed by atoms with van der Waals surface area (Å²) in [5.74, 6) is 2.10. The highest BCUT2D eigenvalue weighted by atomic mass is 32.2. The van der Waals surface area contributed by atoms with Crippen molar-refractivity contribution in [1.29, 1.82) is 5.26 Å². The molecule has 0 bridgehead atoms. The number of aryl methyl sites for hydroxylation is 1. The minimum absolute atomic E-state index is 0.675. The number of pyridine rings is 1. The monoisotopic (exact) mass is 233 g/mol. The molecule has 0 amide bonds. The summed E-state index contributed by atoms with van der Waals surface area (Å²) in [7, 11) is 0. The molecule has 1 N–H and O–H groups in total. The molecule has 4 heteroatoms. The lowest BCUT2D eigenvalue weighted by Gasteiger charge is -2.11. The van der Waals surface area contributed by atoms with Gasteiger partial charge in [-0.3, -0.25) is 0 Å². The van der Waals surface area contributed by atoms with Crippen LogP contribution in [0.4, 0.5) is 5.82 Å². The number of anilines is 1. The maximum absolute atomic E-state index is 8.86. The summed E-state index contributed by atoms with van der Waals surface area (Å²) in [6.07, 6.45) is 2.61. The highest BCUT2D eigenvalue weighted by Gasteiger charge is 2.15. The molecule has 16 heavy (non-hydrogen) atoms. The van der Waals surface area contributed by atoms with Crippen molar-refractivity contribution < 1.29 is 0 Å². The molecule has 1 saturated heterocycles. The van der Waals surface area contributed by atoms with Crippen molar-refractivity contribution in [1.82, 2.24) is 4.98 Å². The fraction of sp³-hybridized carbons (Fsp3) is 0.500. The molecule has 1 fully saturated rings. The first-order valence-electron chi connectivity index (χ1n) is 5.52. The Morgan fingerprint density at radius 3 is 3.19 bits per heavy atom. The average molecular weight is 233 g/mol. The van der Waals surface area contributed by atoms with Gasteiger partial charge in [-0.25, -0.2) is 4.98 Å². The molecule has 1 aliphatic heterocycles. The second-order valence-electron chi connectivity index (χ2n) is 4.01. The lowest BCUT2D eigenvalue weighted by atomic mass is 10.2. The Morgan fingerprint density at radius 1 is 1.62 bits per heavy atom. The predicted octanol–water partition coefficient (Wildman–Crippen LogP) is 2.57. The molecule has 0 aromatic carbocycles. The number of aromatic nitrogens is 1. The summed E-state index contributed by atoms with van der Waals surface area (Å²) in [6, 6.07) is 5.76. The average Bonchev–Trinajstić information content (AvgIpc) is 2.78. The topological polar surface area (TPSA) is 48.7 Å². The fourth-order valence-corrected chi connectivity index (χ4v) is 3.05. The molecule has 0 aliphatic carbocycles. The van der Waals surface area contributed by atoms with E-state index in [0.29, 0.717) is 10.8 Å². The zero-order valence-electron chi connectivity index (χ0n) is 9.36. The first kappa shape index (κ1) is 11.3. The smallest absolute Gasteiger partial charge is 0.127 e. The molecule has 1 aromatic rings. The lowest BCUT2D eigenvalue weighted by molar-refractivity contribution is 0.803. The second-order valence-corrected chi connectivity index (χ2v) is 5.42. The summed E-state index contributed by atoms with van der Waals surface area (Å²) >= 11 is 2.02. The predicted molar refractivity (Wildman–Crippen MR) is 67.7 cm³/mol. The maximum atomic E-state index is 8.86. The molecule has 1 aliphatic rings. The summed E-state index contributed by atoms with van der Waals surface area (Å²) in [6.45, 7) is 2.86. The van der Waals surface area contributed by atoms with Gasteiger partial charge in [-0.2, -0.15) is 17.0 Å². The van der Waals surface area contributed by atoms with Crippen LogP contribution in [0.25, 0.3) is 0 Å². The van der Waals surface area contributed by atoms with Crippen molar-refractivity contribution in [2.45, 2.75) is 25.0 Å². The number of nitriles is 1. The van der Waals surface area contributed by atoms with Gasteiger partial charge in [0.1, 0.15) is 5.82 Å². The van der Waals surface area contributed by atoms with E-state index in [2.05, 4.69) is 16.4 Å². The molecule has 1 unspecified atom stereocenters. The zero-order valence-corrected chi connectivity index (χ0v) is 10.2. The SMILES string of the molecule is Cc1cc(C#N)cc(NCC2CCCS2)n1. The van der Waals surface area contributed by atoms with Crippen LogP contribution < -0.4 is 5.32 Å². The van der Waals surface area contributed by atoms with Crippen LogP contribution in [0.15, 0.2) is 12.1 Å². The van der Waals surface area contributed by atoms with Crippen LogP contribution >= 0.6 is 11.8 Å². The van der Waals surface area contributed by atoms with Gasteiger partial charge in [0, 0.05) is 17.5 Å². The van der Waals surface area contributed by atoms with Crippen LogP contribution in [-0.2, 0) is 0 Å². The molecule has 1 aromatic heterocycles. The van der Waals surface area contributed by atoms with Crippen molar-refractivity contribution >= 4 is 17.6 Å². The number of nitrogens with one attached hydrogen (secondary N) is 1. The number of nitrogens with zero attached hydrogens (tertiary/aromatic N) is 2. The molecule has 1 atom stereocenters. The highest BCUT2D eigenvalue weighted by Crippen LogP contribution is 2.26. The quantitative estimate of drug-likeness (QED) is 0.871. The Labute approximate surface area is 100 Å². The summed E-state index contributed by atoms with van der Waals surface area (Å²) in [5, 5.41) is 12.9. The minimum atomic E-state index is 0.675. The third-order valence-corrected chi connectivity index (χ3v) is 4.02. The molecule has 0 spiro atoms. The van der Waals surface area contributed by atoms with E-state index < -0.39 is 0 Å². The Kier molecular flexibility index (Phi) is 3.68. The van der Waals surface area contributed by atoms with Crippen molar-refractivity contribution in [2.75, 3.05) is 17.6 Å². The van der Waals surface area contributed by atoms with Crippen molar-refractivity contribution in [3.05, 3.63) is 23.4 Å². The number of hydrogen-bond donors (Lipinski definition) is 1. The van der Waals surface area contributed by atoms with Crippen LogP contribution in [0, 0.1) is 18.3 Å². The summed E-state index contributed by atoms with van der Waals surface area (Å²) < 4.78 is 0. The van der Waals surface area contributed by atoms with E-state index in [0.717, 1.165) is 18.1 Å². The van der Waals surface area contributed by atoms with Crippen LogP contribution in [0.1, 0.15) is 24.1 Å². The molecule has 2 heterocycles. The van der Waals surface area contributed by atoms with Gasteiger partial charge in [0.2, 0.25) is 0 Å². The van der Waals surface area contributed by atoms with Crippen molar-refractivity contribution in [3.8, 4) is 6.07 Å². The second kappa shape index (κ2) is 5.22. The van der Waals surface area contributed by atoms with E-state index in [1.807, 2.05) is 24.8 Å². The largest absolute Gasteiger partial charge is 0.369 e. The molecule has 2 rings (SSSR count). The minimum Gasteiger partial charge on any atom is -0.369 e. The molecule has 0 radical (unpaired) electrons. The van der Waals surface area contributed by atoms with Crippen LogP contribution in [0.3, 0.4) is 0 Å². The Balaban J connectivity index is 1.98. The highest BCUT2D eigenvalue weighted by molar-refractivity contribution is 8.00. The molecule has 0 saturated carbocycles. The first-order valence-corrected chi connectivity index (χ1v) is 6.57. The van der Waals surface area contributed by atoms with Crippen LogP contribution in [0.2, 0.25) is 0 Å². The Morgan fingerprint density at radius 2 is 2.50 bits per heavy atom. The van der Waals surface area contributed by atoms with Gasteiger partial charge in [-0.05, 0) is 37.7 Å². The van der Waals surface area contributed by atoms with Gasteiger partial charge in [0.15, 0.2) is 0 Å². The van der Waals surface area contributed by atoms with E-state index in [1.165, 1.54) is 18.6 Å². The molecular formula is C12H15N3S. The van der Waals surface area contributed by atoms with E-state index in [9.17, 15) is 0 Å². The molecule has 84 valence electrons. The third-order valence-electron chi connectivity index (χ3n) is 2.62. The normalized spacial score (nSPS) is 19.4. The molecular weight excluding hydrogens is 218 g/mol. The van der Waals surface area contributed by atoms with E-state index in [4.69, 9.17) is 5.26 Å².